The summed E-state index contributed by atoms with van der Waals surface area (Å²) in [6, 6.07) is 1.37. The van der Waals surface area contributed by atoms with Crippen molar-refractivity contribution < 1.29 is 23.8 Å². The van der Waals surface area contributed by atoms with E-state index in [0.29, 0.717) is 18.6 Å². The van der Waals surface area contributed by atoms with Gasteiger partial charge >= 0.3 is 5.97 Å². The van der Waals surface area contributed by atoms with E-state index in [-0.39, 0.29) is 12.2 Å². The predicted octanol–water partition coefficient (Wildman–Crippen LogP) is 2.56. The van der Waals surface area contributed by atoms with Gasteiger partial charge in [0.25, 0.3) is 0 Å². The van der Waals surface area contributed by atoms with E-state index in [1.165, 1.54) is 20.3 Å². The molecular weight excluding hydrogens is 239 g/mol. The third-order valence-electron chi connectivity index (χ3n) is 2.79. The minimum absolute atomic E-state index is 0.0649. The summed E-state index contributed by atoms with van der Waals surface area (Å²) >= 11 is 0. The lowest BCUT2D eigenvalue weighted by Crippen LogP contribution is -2.02. The summed E-state index contributed by atoms with van der Waals surface area (Å²) in [4.78, 5) is 10.4. The number of aryl methyl sites for hydroxylation is 1. The Hall–Kier alpha value is -1.78. The van der Waals surface area contributed by atoms with E-state index in [1.54, 1.807) is 6.92 Å². The van der Waals surface area contributed by atoms with E-state index in [9.17, 15) is 9.18 Å². The van der Waals surface area contributed by atoms with Crippen LogP contribution in [0.4, 0.5) is 4.39 Å². The number of methoxy groups -OCH3 is 2. The fourth-order valence-corrected chi connectivity index (χ4v) is 1.88. The Morgan fingerprint density at radius 3 is 2.44 bits per heavy atom. The third-order valence-corrected chi connectivity index (χ3v) is 2.79. The van der Waals surface area contributed by atoms with Crippen molar-refractivity contribution in [2.45, 2.75) is 26.2 Å². The Balaban J connectivity index is 2.99. The molecule has 0 aliphatic heterocycles. The van der Waals surface area contributed by atoms with Crippen LogP contribution in [0.3, 0.4) is 0 Å². The fraction of sp³-hybridized carbons (Fsp3) is 0.462. The van der Waals surface area contributed by atoms with Crippen LogP contribution in [0.25, 0.3) is 0 Å². The number of hydrogen-bond donors (Lipinski definition) is 1. The van der Waals surface area contributed by atoms with E-state index in [2.05, 4.69) is 0 Å². The molecule has 1 aromatic carbocycles. The lowest BCUT2D eigenvalue weighted by atomic mass is 10.0. The van der Waals surface area contributed by atoms with E-state index < -0.39 is 11.8 Å². The molecule has 4 nitrogen and oxygen atoms in total. The van der Waals surface area contributed by atoms with Gasteiger partial charge in [-0.1, -0.05) is 0 Å². The Bertz CT molecular complexity index is 443. The first-order valence-corrected chi connectivity index (χ1v) is 5.63. The molecule has 0 fully saturated rings. The summed E-state index contributed by atoms with van der Waals surface area (Å²) in [6.07, 6.45) is 1.02. The van der Waals surface area contributed by atoms with Gasteiger partial charge in [-0.15, -0.1) is 0 Å². The standard InChI is InChI=1S/C13H17FO4/c1-8-9(5-4-6-11(15)16)7-10(14)13(18-3)12(8)17-2/h7H,4-6H2,1-3H3,(H,15,16). The summed E-state index contributed by atoms with van der Waals surface area (Å²) < 4.78 is 23.8. The van der Waals surface area contributed by atoms with Gasteiger partial charge in [0.2, 0.25) is 0 Å². The van der Waals surface area contributed by atoms with E-state index in [0.717, 1.165) is 11.1 Å². The summed E-state index contributed by atoms with van der Waals surface area (Å²) in [5.74, 6) is -0.904. The highest BCUT2D eigenvalue weighted by Gasteiger charge is 2.17. The average molecular weight is 256 g/mol. The molecule has 0 saturated carbocycles. The maximum absolute atomic E-state index is 13.7. The first kappa shape index (κ1) is 14.3. The number of aliphatic carboxylic acids is 1. The van der Waals surface area contributed by atoms with Gasteiger partial charge in [0, 0.05) is 6.42 Å². The first-order chi connectivity index (χ1) is 8.51. The molecule has 0 radical (unpaired) electrons. The molecule has 0 aliphatic rings. The lowest BCUT2D eigenvalue weighted by Gasteiger charge is -2.15. The van der Waals surface area contributed by atoms with Crippen molar-refractivity contribution in [3.8, 4) is 11.5 Å². The molecule has 0 aromatic heterocycles. The molecule has 1 aromatic rings. The van der Waals surface area contributed by atoms with Gasteiger partial charge in [0.05, 0.1) is 14.2 Å². The molecule has 0 saturated heterocycles. The minimum atomic E-state index is -0.853. The number of carboxylic acid groups (broad SMARTS) is 1. The minimum Gasteiger partial charge on any atom is -0.492 e. The Labute approximate surface area is 105 Å². The summed E-state index contributed by atoms with van der Waals surface area (Å²) in [5, 5.41) is 8.58. The summed E-state index contributed by atoms with van der Waals surface area (Å²) in [6.45, 7) is 1.80. The predicted molar refractivity (Wildman–Crippen MR) is 64.8 cm³/mol. The Kier molecular flexibility index (Phi) is 4.95. The van der Waals surface area contributed by atoms with Crippen molar-refractivity contribution in [1.29, 1.82) is 0 Å². The molecule has 100 valence electrons. The number of rotatable bonds is 6. The molecule has 0 heterocycles. The molecule has 0 amide bonds. The molecule has 18 heavy (non-hydrogen) atoms. The zero-order chi connectivity index (χ0) is 13.7. The van der Waals surface area contributed by atoms with E-state index in [4.69, 9.17) is 14.6 Å². The van der Waals surface area contributed by atoms with Gasteiger partial charge in [-0.3, -0.25) is 4.79 Å². The van der Waals surface area contributed by atoms with Crippen LogP contribution in [0.1, 0.15) is 24.0 Å². The highest BCUT2D eigenvalue weighted by Crippen LogP contribution is 2.36. The lowest BCUT2D eigenvalue weighted by molar-refractivity contribution is -0.137. The maximum atomic E-state index is 13.7. The largest absolute Gasteiger partial charge is 0.492 e. The van der Waals surface area contributed by atoms with E-state index in [1.807, 2.05) is 0 Å². The second-order valence-corrected chi connectivity index (χ2v) is 3.96. The Morgan fingerprint density at radius 2 is 1.94 bits per heavy atom. The fourth-order valence-electron chi connectivity index (χ4n) is 1.88. The maximum Gasteiger partial charge on any atom is 0.303 e. The molecule has 0 atom stereocenters. The number of hydrogen-bond acceptors (Lipinski definition) is 3. The average Bonchev–Trinajstić information content (AvgIpc) is 2.32. The van der Waals surface area contributed by atoms with Gasteiger partial charge < -0.3 is 14.6 Å². The number of halogens is 1. The number of carboxylic acids is 1. The van der Waals surface area contributed by atoms with Crippen molar-refractivity contribution >= 4 is 5.97 Å². The summed E-state index contributed by atoms with van der Waals surface area (Å²) in [7, 11) is 2.83. The van der Waals surface area contributed by atoms with E-state index >= 15 is 0 Å². The van der Waals surface area contributed by atoms with Crippen molar-refractivity contribution in [3.63, 3.8) is 0 Å². The van der Waals surface area contributed by atoms with Crippen molar-refractivity contribution in [1.82, 2.24) is 0 Å². The molecular formula is C13H17FO4. The van der Waals surface area contributed by atoms with Crippen molar-refractivity contribution in [2.75, 3.05) is 14.2 Å². The number of benzene rings is 1. The smallest absolute Gasteiger partial charge is 0.303 e. The molecule has 0 aliphatic carbocycles. The second-order valence-electron chi connectivity index (χ2n) is 3.96. The van der Waals surface area contributed by atoms with Crippen LogP contribution in [0.15, 0.2) is 6.07 Å². The second kappa shape index (κ2) is 6.23. The highest BCUT2D eigenvalue weighted by molar-refractivity contribution is 5.66. The van der Waals surface area contributed by atoms with Crippen LogP contribution in [-0.4, -0.2) is 25.3 Å². The topological polar surface area (TPSA) is 55.8 Å². The molecule has 1 rings (SSSR count). The zero-order valence-electron chi connectivity index (χ0n) is 10.7. The first-order valence-electron chi connectivity index (χ1n) is 5.63. The Morgan fingerprint density at radius 1 is 1.33 bits per heavy atom. The molecule has 0 unspecified atom stereocenters. The van der Waals surface area contributed by atoms with Crippen LogP contribution in [0, 0.1) is 12.7 Å². The van der Waals surface area contributed by atoms with Gasteiger partial charge in [-0.05, 0) is 37.0 Å². The SMILES string of the molecule is COc1c(F)cc(CCCC(=O)O)c(C)c1OC. The summed E-state index contributed by atoms with van der Waals surface area (Å²) in [5.41, 5.74) is 1.52. The van der Waals surface area contributed by atoms with Crippen molar-refractivity contribution in [2.24, 2.45) is 0 Å². The number of ether oxygens (including phenoxy) is 2. The van der Waals surface area contributed by atoms with Crippen LogP contribution in [-0.2, 0) is 11.2 Å². The van der Waals surface area contributed by atoms with Gasteiger partial charge in [-0.25, -0.2) is 4.39 Å². The van der Waals surface area contributed by atoms with Gasteiger partial charge in [-0.2, -0.15) is 0 Å². The van der Waals surface area contributed by atoms with Gasteiger partial charge in [0.15, 0.2) is 17.3 Å². The van der Waals surface area contributed by atoms with Crippen LogP contribution in [0.5, 0.6) is 11.5 Å². The van der Waals surface area contributed by atoms with Gasteiger partial charge in [0.1, 0.15) is 0 Å². The molecule has 0 spiro atoms. The number of carbonyl (C=O) groups is 1. The molecule has 1 N–H and O–H groups in total. The van der Waals surface area contributed by atoms with Crippen LogP contribution < -0.4 is 9.47 Å². The molecule has 5 heteroatoms. The highest BCUT2D eigenvalue weighted by atomic mass is 19.1. The normalized spacial score (nSPS) is 10.2. The molecule has 0 bridgehead atoms. The third kappa shape index (κ3) is 3.12. The monoisotopic (exact) mass is 256 g/mol. The van der Waals surface area contributed by atoms with Crippen molar-refractivity contribution in [3.05, 3.63) is 23.0 Å². The zero-order valence-corrected chi connectivity index (χ0v) is 10.7. The van der Waals surface area contributed by atoms with Crippen LogP contribution >= 0.6 is 0 Å². The van der Waals surface area contributed by atoms with Crippen LogP contribution in [0.2, 0.25) is 0 Å². The quantitative estimate of drug-likeness (QED) is 0.849.